The molecule has 0 amide bonds. The minimum absolute atomic E-state index is 0.215. The van der Waals surface area contributed by atoms with Crippen LogP contribution in [0.1, 0.15) is 6.92 Å². The van der Waals surface area contributed by atoms with Gasteiger partial charge in [0, 0.05) is 49.5 Å². The van der Waals surface area contributed by atoms with Crippen molar-refractivity contribution < 1.29 is 4.74 Å². The molecule has 28 heavy (non-hydrogen) atoms. The van der Waals surface area contributed by atoms with Crippen molar-refractivity contribution in [2.24, 2.45) is 7.05 Å². The van der Waals surface area contributed by atoms with Gasteiger partial charge in [-0.3, -0.25) is 4.68 Å². The molecule has 4 aromatic rings. The summed E-state index contributed by atoms with van der Waals surface area (Å²) in [6, 6.07) is 10.5. The van der Waals surface area contributed by atoms with Gasteiger partial charge in [0.25, 0.3) is 0 Å². The van der Waals surface area contributed by atoms with Crippen molar-refractivity contribution in [1.29, 1.82) is 0 Å². The fourth-order valence-electron chi connectivity index (χ4n) is 3.71. The van der Waals surface area contributed by atoms with Gasteiger partial charge in [-0.15, -0.1) is 0 Å². The van der Waals surface area contributed by atoms with E-state index in [0.717, 1.165) is 53.2 Å². The molecule has 1 aromatic carbocycles. The van der Waals surface area contributed by atoms with Gasteiger partial charge in [0.05, 0.1) is 36.3 Å². The Morgan fingerprint density at radius 3 is 2.82 bits per heavy atom. The minimum atomic E-state index is 0.215. The number of anilines is 1. The van der Waals surface area contributed by atoms with E-state index in [-0.39, 0.29) is 6.10 Å². The van der Waals surface area contributed by atoms with Crippen molar-refractivity contribution in [3.63, 3.8) is 0 Å². The average Bonchev–Trinajstić information content (AvgIpc) is 3.34. The van der Waals surface area contributed by atoms with Crippen LogP contribution in [0.3, 0.4) is 0 Å². The first kappa shape index (κ1) is 16.9. The highest BCUT2D eigenvalue weighted by molar-refractivity contribution is 5.85. The summed E-state index contributed by atoms with van der Waals surface area (Å²) >= 11 is 0. The zero-order chi connectivity index (χ0) is 19.1. The number of ether oxygens (including phenoxy) is 1. The normalized spacial score (nSPS) is 17.4. The summed E-state index contributed by atoms with van der Waals surface area (Å²) in [5, 5.41) is 10.0. The predicted molar refractivity (Wildman–Crippen MR) is 109 cm³/mol. The number of pyridine rings is 1. The first-order valence-electron chi connectivity index (χ1n) is 9.47. The molecule has 0 N–H and O–H groups in total. The van der Waals surface area contributed by atoms with Crippen LogP contribution in [0.4, 0.5) is 5.82 Å². The third kappa shape index (κ3) is 3.03. The van der Waals surface area contributed by atoms with Gasteiger partial charge in [0.1, 0.15) is 5.82 Å². The third-order valence-electron chi connectivity index (χ3n) is 5.15. The lowest BCUT2D eigenvalue weighted by molar-refractivity contribution is 0.0529. The Morgan fingerprint density at radius 1 is 1.07 bits per heavy atom. The summed E-state index contributed by atoms with van der Waals surface area (Å²) in [5.74, 6) is 0.958. The van der Waals surface area contributed by atoms with Crippen molar-refractivity contribution in [2.45, 2.75) is 13.0 Å². The van der Waals surface area contributed by atoms with Crippen molar-refractivity contribution in [3.8, 4) is 16.8 Å². The molecule has 4 heterocycles. The number of morpholine rings is 1. The molecule has 1 atom stereocenters. The summed E-state index contributed by atoms with van der Waals surface area (Å²) in [6.45, 7) is 4.52. The van der Waals surface area contributed by atoms with Gasteiger partial charge in [0.2, 0.25) is 0 Å². The molecule has 0 radical (unpaired) electrons. The third-order valence-corrected chi connectivity index (χ3v) is 5.15. The molecule has 142 valence electrons. The first-order valence-corrected chi connectivity index (χ1v) is 9.47. The van der Waals surface area contributed by atoms with Crippen LogP contribution in [-0.4, -0.2) is 50.3 Å². The Morgan fingerprint density at radius 2 is 2.00 bits per heavy atom. The number of benzene rings is 1. The molecule has 0 aliphatic carbocycles. The second-order valence-electron chi connectivity index (χ2n) is 7.23. The molecular formula is C21H22N6O. The highest BCUT2D eigenvalue weighted by atomic mass is 16.5. The van der Waals surface area contributed by atoms with E-state index >= 15 is 0 Å². The summed E-state index contributed by atoms with van der Waals surface area (Å²) in [5.41, 5.74) is 4.28. The van der Waals surface area contributed by atoms with Crippen molar-refractivity contribution in [2.75, 3.05) is 24.6 Å². The van der Waals surface area contributed by atoms with Crippen LogP contribution in [0.15, 0.2) is 55.1 Å². The largest absolute Gasteiger partial charge is 0.375 e. The monoisotopic (exact) mass is 374 g/mol. The Hall–Kier alpha value is -3.19. The molecule has 0 bridgehead atoms. The summed E-state index contributed by atoms with van der Waals surface area (Å²) in [7, 11) is 1.93. The molecule has 1 aliphatic heterocycles. The van der Waals surface area contributed by atoms with Crippen LogP contribution in [0.2, 0.25) is 0 Å². The van der Waals surface area contributed by atoms with E-state index in [9.17, 15) is 0 Å². The molecule has 1 fully saturated rings. The molecule has 7 nitrogen and oxygen atoms in total. The smallest absolute Gasteiger partial charge is 0.130 e. The van der Waals surface area contributed by atoms with E-state index in [0.29, 0.717) is 0 Å². The van der Waals surface area contributed by atoms with E-state index < -0.39 is 0 Å². The lowest BCUT2D eigenvalue weighted by atomic mass is 10.1. The fraction of sp³-hybridized carbons (Fsp3) is 0.286. The number of rotatable bonds is 3. The topological polar surface area (TPSA) is 61.0 Å². The van der Waals surface area contributed by atoms with Gasteiger partial charge >= 0.3 is 0 Å². The number of aromatic nitrogens is 5. The molecule has 0 unspecified atom stereocenters. The number of hydrogen-bond donors (Lipinski definition) is 0. The molecule has 0 spiro atoms. The summed E-state index contributed by atoms with van der Waals surface area (Å²) in [4.78, 5) is 6.84. The van der Waals surface area contributed by atoms with Gasteiger partial charge in [-0.1, -0.05) is 12.1 Å². The predicted octanol–water partition coefficient (Wildman–Crippen LogP) is 3.05. The maximum atomic E-state index is 5.65. The molecule has 0 saturated carbocycles. The van der Waals surface area contributed by atoms with Crippen molar-refractivity contribution in [1.82, 2.24) is 24.5 Å². The second-order valence-corrected chi connectivity index (χ2v) is 7.23. The van der Waals surface area contributed by atoms with Crippen LogP contribution >= 0.6 is 0 Å². The lowest BCUT2D eigenvalue weighted by Gasteiger charge is -2.32. The van der Waals surface area contributed by atoms with Crippen LogP contribution in [-0.2, 0) is 11.8 Å². The first-order chi connectivity index (χ1) is 13.7. The molecule has 1 aliphatic rings. The summed E-state index contributed by atoms with van der Waals surface area (Å²) < 4.78 is 9.44. The van der Waals surface area contributed by atoms with E-state index in [1.807, 2.05) is 47.3 Å². The Balaban J connectivity index is 1.55. The second kappa shape index (κ2) is 6.76. The maximum absolute atomic E-state index is 5.65. The fourth-order valence-corrected chi connectivity index (χ4v) is 3.71. The van der Waals surface area contributed by atoms with Gasteiger partial charge < -0.3 is 9.64 Å². The zero-order valence-electron chi connectivity index (χ0n) is 16.0. The van der Waals surface area contributed by atoms with E-state index in [4.69, 9.17) is 4.74 Å². The molecule has 3 aromatic heterocycles. The SMILES string of the molecule is C[C@H]1CN(c2cc(-n3ncc4ccc(-c5cnn(C)c5)cc43)ccn2)CCO1. The minimum Gasteiger partial charge on any atom is -0.375 e. The van der Waals surface area contributed by atoms with Gasteiger partial charge in [-0.2, -0.15) is 10.2 Å². The van der Waals surface area contributed by atoms with E-state index in [1.54, 1.807) is 0 Å². The lowest BCUT2D eigenvalue weighted by Crippen LogP contribution is -2.41. The van der Waals surface area contributed by atoms with Crippen molar-refractivity contribution >= 4 is 16.7 Å². The molecular weight excluding hydrogens is 352 g/mol. The van der Waals surface area contributed by atoms with Gasteiger partial charge in [-0.05, 0) is 24.6 Å². The quantitative estimate of drug-likeness (QED) is 0.552. The van der Waals surface area contributed by atoms with Crippen LogP contribution in [0.5, 0.6) is 0 Å². The number of fused-ring (bicyclic) bond motifs is 1. The summed E-state index contributed by atoms with van der Waals surface area (Å²) in [6.07, 6.45) is 7.87. The number of aryl methyl sites for hydroxylation is 1. The van der Waals surface area contributed by atoms with E-state index in [1.165, 1.54) is 0 Å². The Kier molecular flexibility index (Phi) is 4.09. The van der Waals surface area contributed by atoms with Gasteiger partial charge in [-0.25, -0.2) is 9.67 Å². The standard InChI is InChI=1S/C21H22N6O/c1-15-13-26(7-8-28-15)21-10-19(5-6-22-21)27-20-9-16(3-4-17(20)11-24-27)18-12-23-25(2)14-18/h3-6,9-12,14-15H,7-8,13H2,1-2H3/t15-/m0/s1. The average molecular weight is 374 g/mol. The Labute approximate surface area is 163 Å². The highest BCUT2D eigenvalue weighted by Gasteiger charge is 2.18. The molecule has 1 saturated heterocycles. The number of hydrogen-bond acceptors (Lipinski definition) is 5. The maximum Gasteiger partial charge on any atom is 0.130 e. The van der Waals surface area contributed by atoms with Gasteiger partial charge in [0.15, 0.2) is 0 Å². The van der Waals surface area contributed by atoms with E-state index in [2.05, 4.69) is 51.3 Å². The highest BCUT2D eigenvalue weighted by Crippen LogP contribution is 2.27. The zero-order valence-corrected chi connectivity index (χ0v) is 16.0. The number of nitrogens with zero attached hydrogens (tertiary/aromatic N) is 6. The van der Waals surface area contributed by atoms with Crippen molar-refractivity contribution in [3.05, 3.63) is 55.1 Å². The van der Waals surface area contributed by atoms with Crippen LogP contribution < -0.4 is 4.90 Å². The van der Waals surface area contributed by atoms with Crippen LogP contribution in [0, 0.1) is 0 Å². The Bertz CT molecular complexity index is 1130. The van der Waals surface area contributed by atoms with Crippen LogP contribution in [0.25, 0.3) is 27.7 Å². The molecule has 5 rings (SSSR count). The molecule has 7 heteroatoms.